The Morgan fingerprint density at radius 3 is 2.77 bits per heavy atom. The summed E-state index contributed by atoms with van der Waals surface area (Å²) in [6, 6.07) is 0. The van der Waals surface area contributed by atoms with Crippen molar-refractivity contribution in [3.63, 3.8) is 0 Å². The molecule has 74 valence electrons. The number of rotatable bonds is 2. The first-order valence-electron chi connectivity index (χ1n) is 4.30. The van der Waals surface area contributed by atoms with Crippen molar-refractivity contribution in [1.29, 1.82) is 0 Å². The summed E-state index contributed by atoms with van der Waals surface area (Å²) in [5.74, 6) is -1.21. The number of hydrogen-bond donors (Lipinski definition) is 1. The molecule has 0 spiro atoms. The van der Waals surface area contributed by atoms with Crippen molar-refractivity contribution in [2.75, 3.05) is 0 Å². The third-order valence-electron chi connectivity index (χ3n) is 2.10. The minimum absolute atomic E-state index is 0.0881. The van der Waals surface area contributed by atoms with Crippen LogP contribution in [0.2, 0.25) is 0 Å². The molecule has 1 aliphatic rings. The molecule has 0 unspecified atom stereocenters. The fourth-order valence-electron chi connectivity index (χ4n) is 1.66. The second-order valence-electron chi connectivity index (χ2n) is 4.25. The quantitative estimate of drug-likeness (QED) is 0.658. The Morgan fingerprint density at radius 1 is 1.69 bits per heavy atom. The number of aliphatic carboxylic acids is 1. The van der Waals surface area contributed by atoms with Crippen LogP contribution in [0.4, 0.5) is 0 Å². The average molecular weight is 186 g/mol. The summed E-state index contributed by atoms with van der Waals surface area (Å²) in [5, 5.41) is 8.53. The van der Waals surface area contributed by atoms with Gasteiger partial charge in [-0.2, -0.15) is 0 Å². The number of esters is 1. The molecule has 0 aliphatic carbocycles. The summed E-state index contributed by atoms with van der Waals surface area (Å²) in [6.45, 7) is 3.89. The van der Waals surface area contributed by atoms with E-state index in [1.807, 2.05) is 13.8 Å². The summed E-state index contributed by atoms with van der Waals surface area (Å²) in [6.07, 6.45) is 0.470. The Kier molecular flexibility index (Phi) is 2.59. The minimum atomic E-state index is -0.921. The van der Waals surface area contributed by atoms with Crippen LogP contribution in [0.25, 0.3) is 0 Å². The van der Waals surface area contributed by atoms with E-state index in [1.165, 1.54) is 0 Å². The molecule has 1 heterocycles. The molecule has 1 rings (SSSR count). The van der Waals surface area contributed by atoms with Crippen LogP contribution in [0, 0.1) is 5.41 Å². The van der Waals surface area contributed by atoms with Crippen LogP contribution in [0.3, 0.4) is 0 Å². The van der Waals surface area contributed by atoms with E-state index in [0.29, 0.717) is 12.8 Å². The number of ether oxygens (including phenoxy) is 1. The van der Waals surface area contributed by atoms with Gasteiger partial charge in [0.2, 0.25) is 0 Å². The molecule has 0 aromatic rings. The molecule has 1 saturated heterocycles. The van der Waals surface area contributed by atoms with Gasteiger partial charge in [-0.3, -0.25) is 9.59 Å². The molecule has 1 atom stereocenters. The van der Waals surface area contributed by atoms with Crippen LogP contribution in [0.1, 0.15) is 33.1 Å². The number of carbonyl (C=O) groups is 2. The molecule has 0 aromatic carbocycles. The zero-order chi connectivity index (χ0) is 10.1. The molecule has 4 heteroatoms. The molecule has 0 saturated carbocycles. The Morgan fingerprint density at radius 2 is 2.31 bits per heavy atom. The summed E-state index contributed by atoms with van der Waals surface area (Å²) < 4.78 is 4.91. The van der Waals surface area contributed by atoms with Crippen molar-refractivity contribution in [2.45, 2.75) is 39.2 Å². The maximum Gasteiger partial charge on any atom is 0.307 e. The monoisotopic (exact) mass is 186 g/mol. The predicted molar refractivity (Wildman–Crippen MR) is 45.1 cm³/mol. The van der Waals surface area contributed by atoms with E-state index in [4.69, 9.17) is 9.84 Å². The van der Waals surface area contributed by atoms with Crippen molar-refractivity contribution in [3.8, 4) is 0 Å². The van der Waals surface area contributed by atoms with Gasteiger partial charge >= 0.3 is 11.9 Å². The highest BCUT2D eigenvalue weighted by molar-refractivity contribution is 5.73. The first-order valence-corrected chi connectivity index (χ1v) is 4.30. The minimum Gasteiger partial charge on any atom is -0.481 e. The Bertz CT molecular complexity index is 230. The highest BCUT2D eigenvalue weighted by Crippen LogP contribution is 2.33. The lowest BCUT2D eigenvalue weighted by Crippen LogP contribution is -2.35. The topological polar surface area (TPSA) is 63.6 Å². The maximum atomic E-state index is 11.1. The van der Waals surface area contributed by atoms with E-state index >= 15 is 0 Å². The largest absolute Gasteiger partial charge is 0.481 e. The number of carbonyl (C=O) groups excluding carboxylic acids is 1. The molecule has 0 amide bonds. The normalized spacial score (nSPS) is 26.6. The number of carboxylic acids is 1. The average Bonchev–Trinajstić information content (AvgIpc) is 1.78. The van der Waals surface area contributed by atoms with Crippen molar-refractivity contribution >= 4 is 11.9 Å². The van der Waals surface area contributed by atoms with Crippen LogP contribution in [-0.4, -0.2) is 23.1 Å². The van der Waals surface area contributed by atoms with E-state index < -0.39 is 12.1 Å². The van der Waals surface area contributed by atoms with Crippen LogP contribution >= 0.6 is 0 Å². The Hall–Kier alpha value is -1.06. The zero-order valence-corrected chi connectivity index (χ0v) is 7.87. The molecule has 0 aromatic heterocycles. The second kappa shape index (κ2) is 3.36. The van der Waals surface area contributed by atoms with Crippen LogP contribution in [-0.2, 0) is 14.3 Å². The van der Waals surface area contributed by atoms with Gasteiger partial charge in [0.15, 0.2) is 0 Å². The van der Waals surface area contributed by atoms with Crippen molar-refractivity contribution < 1.29 is 19.4 Å². The molecular weight excluding hydrogens is 172 g/mol. The van der Waals surface area contributed by atoms with Gasteiger partial charge in [-0.25, -0.2) is 0 Å². The van der Waals surface area contributed by atoms with Crippen molar-refractivity contribution in [1.82, 2.24) is 0 Å². The highest BCUT2D eigenvalue weighted by atomic mass is 16.5. The Balaban J connectivity index is 2.57. The first-order chi connectivity index (χ1) is 5.89. The van der Waals surface area contributed by atoms with Gasteiger partial charge < -0.3 is 9.84 Å². The maximum absolute atomic E-state index is 11.1. The summed E-state index contributed by atoms with van der Waals surface area (Å²) in [4.78, 5) is 21.4. The number of cyclic esters (lactones) is 1. The lowest BCUT2D eigenvalue weighted by atomic mass is 9.81. The van der Waals surface area contributed by atoms with Gasteiger partial charge in [0.1, 0.15) is 6.10 Å². The molecule has 4 nitrogen and oxygen atoms in total. The number of carboxylic acid groups (broad SMARTS) is 1. The van der Waals surface area contributed by atoms with Crippen molar-refractivity contribution in [3.05, 3.63) is 0 Å². The van der Waals surface area contributed by atoms with Crippen molar-refractivity contribution in [2.24, 2.45) is 5.41 Å². The van der Waals surface area contributed by atoms with Gasteiger partial charge in [0.25, 0.3) is 0 Å². The molecule has 1 fully saturated rings. The van der Waals surface area contributed by atoms with E-state index in [0.717, 1.165) is 0 Å². The third-order valence-corrected chi connectivity index (χ3v) is 2.10. The van der Waals surface area contributed by atoms with Crippen LogP contribution in [0.5, 0.6) is 0 Å². The van der Waals surface area contributed by atoms with Gasteiger partial charge in [-0.15, -0.1) is 0 Å². The van der Waals surface area contributed by atoms with Crippen LogP contribution < -0.4 is 0 Å². The third kappa shape index (κ3) is 3.05. The molecule has 0 bridgehead atoms. The van der Waals surface area contributed by atoms with E-state index in [2.05, 4.69) is 0 Å². The zero-order valence-electron chi connectivity index (χ0n) is 7.87. The van der Waals surface area contributed by atoms with E-state index in [1.54, 1.807) is 0 Å². The van der Waals surface area contributed by atoms with Gasteiger partial charge in [-0.1, -0.05) is 13.8 Å². The molecule has 1 aliphatic heterocycles. The summed E-state index contributed by atoms with van der Waals surface area (Å²) in [7, 11) is 0. The fraction of sp³-hybridized carbons (Fsp3) is 0.778. The lowest BCUT2D eigenvalue weighted by Gasteiger charge is -2.33. The number of hydrogen-bond acceptors (Lipinski definition) is 3. The Labute approximate surface area is 76.9 Å². The van der Waals surface area contributed by atoms with Gasteiger partial charge in [0, 0.05) is 0 Å². The van der Waals surface area contributed by atoms with Gasteiger partial charge in [0.05, 0.1) is 12.8 Å². The SMILES string of the molecule is CC1(C)CC(=O)O[C@@H](CC(=O)O)C1. The van der Waals surface area contributed by atoms with E-state index in [9.17, 15) is 9.59 Å². The molecule has 13 heavy (non-hydrogen) atoms. The first kappa shape index (κ1) is 10.0. The summed E-state index contributed by atoms with van der Waals surface area (Å²) in [5.41, 5.74) is -0.130. The molecule has 0 radical (unpaired) electrons. The van der Waals surface area contributed by atoms with Gasteiger partial charge in [-0.05, 0) is 11.8 Å². The fourth-order valence-corrected chi connectivity index (χ4v) is 1.66. The standard InChI is InChI=1S/C9H14O4/c1-9(2)4-6(3-7(10)11)13-8(12)5-9/h6H,3-5H2,1-2H3,(H,10,11)/t6-/m0/s1. The molecule has 1 N–H and O–H groups in total. The smallest absolute Gasteiger partial charge is 0.307 e. The van der Waals surface area contributed by atoms with Crippen LogP contribution in [0.15, 0.2) is 0 Å². The molecular formula is C9H14O4. The van der Waals surface area contributed by atoms with E-state index in [-0.39, 0.29) is 17.8 Å². The summed E-state index contributed by atoms with van der Waals surface area (Å²) >= 11 is 0. The lowest BCUT2D eigenvalue weighted by molar-refractivity contribution is -0.163. The second-order valence-corrected chi connectivity index (χ2v) is 4.25. The highest BCUT2D eigenvalue weighted by Gasteiger charge is 2.35. The predicted octanol–water partition coefficient (Wildman–Crippen LogP) is 1.19.